The van der Waals surface area contributed by atoms with Crippen molar-refractivity contribution in [3.63, 3.8) is 0 Å². The fourth-order valence-corrected chi connectivity index (χ4v) is 4.35. The number of carbonyl (C=O) groups excluding carboxylic acids is 3. The van der Waals surface area contributed by atoms with Gasteiger partial charge in [-0.05, 0) is 18.8 Å². The van der Waals surface area contributed by atoms with Crippen LogP contribution in [0.4, 0.5) is 4.79 Å². The summed E-state index contributed by atoms with van der Waals surface area (Å²) in [6, 6.07) is -0.421. The van der Waals surface area contributed by atoms with Gasteiger partial charge < -0.3 is 0 Å². The fourth-order valence-electron chi connectivity index (χ4n) is 2.83. The second kappa shape index (κ2) is 5.91. The van der Waals surface area contributed by atoms with Crippen LogP contribution >= 0.6 is 0 Å². The molecular formula is C15H28N2O3Si. The van der Waals surface area contributed by atoms with E-state index in [9.17, 15) is 14.4 Å². The first-order chi connectivity index (χ1) is 9.52. The summed E-state index contributed by atoms with van der Waals surface area (Å²) in [5, 5.41) is 0. The van der Waals surface area contributed by atoms with Gasteiger partial charge in [0.1, 0.15) is 5.41 Å². The van der Waals surface area contributed by atoms with Gasteiger partial charge in [0.05, 0.1) is 0 Å². The Balaban J connectivity index is 3.41. The summed E-state index contributed by atoms with van der Waals surface area (Å²) in [6.45, 7) is 13.9. The molecule has 0 radical (unpaired) electrons. The van der Waals surface area contributed by atoms with Crippen LogP contribution in [-0.2, 0) is 9.59 Å². The first-order valence-corrected chi connectivity index (χ1v) is 11.2. The molecule has 0 aromatic rings. The number of carbonyl (C=O) groups is 3. The van der Waals surface area contributed by atoms with Gasteiger partial charge >= 0.3 is 6.03 Å². The second-order valence-electron chi connectivity index (χ2n) is 7.19. The van der Waals surface area contributed by atoms with E-state index in [4.69, 9.17) is 0 Å². The Hall–Kier alpha value is -1.17. The molecule has 1 rings (SSSR count). The zero-order valence-electron chi connectivity index (χ0n) is 14.3. The summed E-state index contributed by atoms with van der Waals surface area (Å²) < 4.78 is 1.41. The molecule has 5 nitrogen and oxygen atoms in total. The SMILES string of the molecule is CCC1(CC)C(=O)N(CC(C)C)C(=O)N([Si](C)(C)C)C1=O. The molecule has 1 aliphatic rings. The fraction of sp³-hybridized carbons (Fsp3) is 0.800. The molecule has 6 heteroatoms. The monoisotopic (exact) mass is 312 g/mol. The van der Waals surface area contributed by atoms with E-state index in [2.05, 4.69) is 0 Å². The maximum Gasteiger partial charge on any atom is 0.325 e. The molecule has 21 heavy (non-hydrogen) atoms. The average molecular weight is 312 g/mol. The number of barbiturate groups is 1. The molecule has 1 heterocycles. The van der Waals surface area contributed by atoms with E-state index in [0.717, 1.165) is 0 Å². The van der Waals surface area contributed by atoms with Crippen LogP contribution in [0.5, 0.6) is 0 Å². The normalized spacial score (nSPS) is 19.7. The number of imide groups is 2. The standard InChI is InChI=1S/C15H28N2O3Si/c1-8-15(9-2)12(18)16(10-11(3)4)14(20)17(13(15)19)21(5,6)7/h11H,8-10H2,1-7H3. The van der Waals surface area contributed by atoms with Gasteiger partial charge in [-0.2, -0.15) is 0 Å². The maximum absolute atomic E-state index is 12.9. The smallest absolute Gasteiger partial charge is 0.293 e. The molecule has 0 aliphatic carbocycles. The summed E-state index contributed by atoms with van der Waals surface area (Å²) in [6.07, 6.45) is 0.869. The largest absolute Gasteiger partial charge is 0.325 e. The Bertz CT molecular complexity index is 450. The van der Waals surface area contributed by atoms with Crippen molar-refractivity contribution in [2.75, 3.05) is 6.54 Å². The molecule has 1 fully saturated rings. The van der Waals surface area contributed by atoms with Gasteiger partial charge in [-0.1, -0.05) is 47.3 Å². The third kappa shape index (κ3) is 2.91. The molecule has 0 aromatic heterocycles. The van der Waals surface area contributed by atoms with Gasteiger partial charge in [0.15, 0.2) is 8.24 Å². The first-order valence-electron chi connectivity index (χ1n) is 7.73. The van der Waals surface area contributed by atoms with Crippen molar-refractivity contribution < 1.29 is 14.4 Å². The van der Waals surface area contributed by atoms with Crippen LogP contribution in [-0.4, -0.2) is 42.1 Å². The van der Waals surface area contributed by atoms with Gasteiger partial charge in [0.2, 0.25) is 11.8 Å². The quantitative estimate of drug-likeness (QED) is 0.579. The number of hydrogen-bond donors (Lipinski definition) is 0. The van der Waals surface area contributed by atoms with Crippen molar-refractivity contribution in [3.8, 4) is 0 Å². The Morgan fingerprint density at radius 2 is 1.48 bits per heavy atom. The minimum atomic E-state index is -2.19. The van der Waals surface area contributed by atoms with Gasteiger partial charge in [0, 0.05) is 6.54 Å². The van der Waals surface area contributed by atoms with Crippen molar-refractivity contribution in [1.29, 1.82) is 0 Å². The summed E-state index contributed by atoms with van der Waals surface area (Å²) in [5.74, 6) is -0.423. The minimum Gasteiger partial charge on any atom is -0.293 e. The predicted molar refractivity (Wildman–Crippen MR) is 85.2 cm³/mol. The third-order valence-corrected chi connectivity index (χ3v) is 5.85. The molecular weight excluding hydrogens is 284 g/mol. The third-order valence-electron chi connectivity index (χ3n) is 4.11. The summed E-state index contributed by atoms with van der Waals surface area (Å²) in [5.41, 5.74) is -1.07. The summed E-state index contributed by atoms with van der Waals surface area (Å²) in [7, 11) is -2.19. The molecule has 120 valence electrons. The van der Waals surface area contributed by atoms with E-state index in [-0.39, 0.29) is 17.7 Å². The van der Waals surface area contributed by atoms with Crippen LogP contribution in [0, 0.1) is 11.3 Å². The Morgan fingerprint density at radius 1 is 1.00 bits per heavy atom. The van der Waals surface area contributed by atoms with Crippen LogP contribution in [0.2, 0.25) is 19.6 Å². The summed E-state index contributed by atoms with van der Waals surface area (Å²) in [4.78, 5) is 39.7. The zero-order valence-corrected chi connectivity index (χ0v) is 15.3. The average Bonchev–Trinajstić information content (AvgIpc) is 2.34. The van der Waals surface area contributed by atoms with Crippen LogP contribution < -0.4 is 0 Å². The van der Waals surface area contributed by atoms with E-state index in [1.165, 1.54) is 9.47 Å². The van der Waals surface area contributed by atoms with Gasteiger partial charge in [-0.3, -0.25) is 19.1 Å². The van der Waals surface area contributed by atoms with Crippen LogP contribution in [0.1, 0.15) is 40.5 Å². The molecule has 0 spiro atoms. The van der Waals surface area contributed by atoms with Crippen molar-refractivity contribution in [1.82, 2.24) is 9.47 Å². The number of hydrogen-bond acceptors (Lipinski definition) is 3. The molecule has 1 saturated heterocycles. The zero-order chi connectivity index (χ0) is 16.6. The Kier molecular flexibility index (Phi) is 5.03. The second-order valence-corrected chi connectivity index (χ2v) is 12.0. The predicted octanol–water partition coefficient (Wildman–Crippen LogP) is 3.07. The van der Waals surface area contributed by atoms with Crippen LogP contribution in [0.15, 0.2) is 0 Å². The number of rotatable bonds is 5. The first kappa shape index (κ1) is 17.9. The molecule has 0 saturated carbocycles. The highest BCUT2D eigenvalue weighted by molar-refractivity contribution is 6.78. The van der Waals surface area contributed by atoms with Crippen LogP contribution in [0.25, 0.3) is 0 Å². The lowest BCUT2D eigenvalue weighted by atomic mass is 9.78. The lowest BCUT2D eigenvalue weighted by Gasteiger charge is -2.48. The molecule has 0 atom stereocenters. The molecule has 0 unspecified atom stereocenters. The number of urea groups is 1. The molecule has 0 N–H and O–H groups in total. The number of amides is 4. The number of nitrogens with zero attached hydrogens (tertiary/aromatic N) is 2. The van der Waals surface area contributed by atoms with E-state index in [1.54, 1.807) is 0 Å². The van der Waals surface area contributed by atoms with E-state index >= 15 is 0 Å². The highest BCUT2D eigenvalue weighted by Crippen LogP contribution is 2.38. The lowest BCUT2D eigenvalue weighted by Crippen LogP contribution is -2.70. The highest BCUT2D eigenvalue weighted by Gasteiger charge is 2.57. The molecule has 0 aromatic carbocycles. The van der Waals surface area contributed by atoms with Crippen molar-refractivity contribution >= 4 is 26.1 Å². The van der Waals surface area contributed by atoms with Crippen molar-refractivity contribution in [2.24, 2.45) is 11.3 Å². The lowest BCUT2D eigenvalue weighted by molar-refractivity contribution is -0.156. The van der Waals surface area contributed by atoms with Crippen molar-refractivity contribution in [3.05, 3.63) is 0 Å². The van der Waals surface area contributed by atoms with Gasteiger partial charge in [0.25, 0.3) is 0 Å². The highest BCUT2D eigenvalue weighted by atomic mass is 28.3. The Morgan fingerprint density at radius 3 is 1.81 bits per heavy atom. The topological polar surface area (TPSA) is 57.7 Å². The van der Waals surface area contributed by atoms with E-state index < -0.39 is 19.7 Å². The molecule has 0 bridgehead atoms. The summed E-state index contributed by atoms with van der Waals surface area (Å²) >= 11 is 0. The van der Waals surface area contributed by atoms with Crippen LogP contribution in [0.3, 0.4) is 0 Å². The van der Waals surface area contributed by atoms with E-state index in [1.807, 2.05) is 47.3 Å². The van der Waals surface area contributed by atoms with Crippen molar-refractivity contribution in [2.45, 2.75) is 60.2 Å². The van der Waals surface area contributed by atoms with Gasteiger partial charge in [-0.15, -0.1) is 0 Å². The Labute approximate surface area is 128 Å². The molecule has 1 aliphatic heterocycles. The van der Waals surface area contributed by atoms with E-state index in [0.29, 0.717) is 19.4 Å². The van der Waals surface area contributed by atoms with Gasteiger partial charge in [-0.25, -0.2) is 4.79 Å². The minimum absolute atomic E-state index is 0.181. The molecule has 4 amide bonds. The maximum atomic E-state index is 12.9.